The Bertz CT molecular complexity index is 484. The van der Waals surface area contributed by atoms with Crippen molar-refractivity contribution in [1.82, 2.24) is 4.73 Å². The average Bonchev–Trinajstić information content (AvgIpc) is 2.48. The lowest BCUT2D eigenvalue weighted by Crippen LogP contribution is -2.26. The Hall–Kier alpha value is -2.25. The minimum atomic E-state index is -0.291. The zero-order chi connectivity index (χ0) is 9.75. The first-order chi connectivity index (χ1) is 6.04. The van der Waals surface area contributed by atoms with E-state index in [1.54, 1.807) is 0 Å². The van der Waals surface area contributed by atoms with Crippen LogP contribution in [-0.4, -0.2) is 9.94 Å². The van der Waals surface area contributed by atoms with Gasteiger partial charge >= 0.3 is 5.82 Å². The van der Waals surface area contributed by atoms with Crippen LogP contribution in [-0.2, 0) is 0 Å². The molecule has 0 fully saturated rings. The van der Waals surface area contributed by atoms with Gasteiger partial charge in [0, 0.05) is 0 Å². The lowest BCUT2D eigenvalue weighted by atomic mass is 10.4. The average molecular weight is 185 g/mol. The van der Waals surface area contributed by atoms with Crippen LogP contribution in [0.5, 0.6) is 0 Å². The highest BCUT2D eigenvalue weighted by molar-refractivity contribution is 5.97. The summed E-state index contributed by atoms with van der Waals surface area (Å²) in [6, 6.07) is 0. The molecular formula is C5H7N5O3. The Labute approximate surface area is 71.2 Å². The van der Waals surface area contributed by atoms with Crippen LogP contribution in [0, 0.1) is 5.21 Å². The molecule has 2 aromatic heterocycles. The van der Waals surface area contributed by atoms with E-state index in [9.17, 15) is 10.4 Å². The van der Waals surface area contributed by atoms with Crippen LogP contribution in [0.2, 0.25) is 0 Å². The highest BCUT2D eigenvalue weighted by atomic mass is 16.7. The summed E-state index contributed by atoms with van der Waals surface area (Å²) >= 11 is 0. The molecule has 2 rings (SSSR count). The van der Waals surface area contributed by atoms with Crippen molar-refractivity contribution in [3.8, 4) is 0 Å². The van der Waals surface area contributed by atoms with Gasteiger partial charge < -0.3 is 26.4 Å². The standard InChI is InChI=1S/C5H7N5O3/c6-1-3-2(9(11)4(1)7)5(8)10(12)13-3/h11H,6-8H2. The topological polar surface area (TPSA) is 143 Å². The fourth-order valence-corrected chi connectivity index (χ4v) is 1.11. The SMILES string of the molecule is Nc1c(N)n(O)c2c(N)[n+]([O-])oc12. The lowest BCUT2D eigenvalue weighted by molar-refractivity contribution is -0.776. The molecule has 0 spiro atoms. The van der Waals surface area contributed by atoms with Crippen molar-refractivity contribution in [2.75, 3.05) is 17.2 Å². The monoisotopic (exact) mass is 185 g/mol. The second-order valence-corrected chi connectivity index (χ2v) is 2.52. The van der Waals surface area contributed by atoms with Crippen molar-refractivity contribution in [1.29, 1.82) is 0 Å². The van der Waals surface area contributed by atoms with E-state index in [1.807, 2.05) is 0 Å². The van der Waals surface area contributed by atoms with E-state index in [0.717, 1.165) is 0 Å². The molecular weight excluding hydrogens is 178 g/mol. The second kappa shape index (κ2) is 1.91. The van der Waals surface area contributed by atoms with Crippen LogP contribution in [0.15, 0.2) is 4.52 Å². The molecule has 8 heteroatoms. The van der Waals surface area contributed by atoms with Crippen molar-refractivity contribution < 1.29 is 14.6 Å². The van der Waals surface area contributed by atoms with E-state index in [4.69, 9.17) is 17.2 Å². The molecule has 0 radical (unpaired) electrons. The van der Waals surface area contributed by atoms with Gasteiger partial charge in [0.25, 0.3) is 0 Å². The lowest BCUT2D eigenvalue weighted by Gasteiger charge is -1.96. The Balaban J connectivity index is 3.01. The first-order valence-corrected chi connectivity index (χ1v) is 3.31. The van der Waals surface area contributed by atoms with Gasteiger partial charge in [0.15, 0.2) is 11.3 Å². The quantitative estimate of drug-likeness (QED) is 0.301. The Morgan fingerprint density at radius 2 is 2.00 bits per heavy atom. The van der Waals surface area contributed by atoms with Gasteiger partial charge in [0.05, 0.1) is 5.69 Å². The van der Waals surface area contributed by atoms with Gasteiger partial charge in [0.2, 0.25) is 0 Å². The number of anilines is 3. The molecule has 0 amide bonds. The molecule has 8 nitrogen and oxygen atoms in total. The smallest absolute Gasteiger partial charge is 0.342 e. The van der Waals surface area contributed by atoms with E-state index >= 15 is 0 Å². The van der Waals surface area contributed by atoms with Crippen LogP contribution in [0.3, 0.4) is 0 Å². The summed E-state index contributed by atoms with van der Waals surface area (Å²) in [6.07, 6.45) is 0. The molecule has 0 aromatic carbocycles. The Kier molecular flexibility index (Phi) is 1.09. The number of nitrogens with two attached hydrogens (primary N) is 3. The molecule has 2 heterocycles. The number of nitrogen functional groups attached to an aromatic ring is 3. The second-order valence-electron chi connectivity index (χ2n) is 2.52. The van der Waals surface area contributed by atoms with Gasteiger partial charge in [-0.05, 0) is 4.90 Å². The normalized spacial score (nSPS) is 11.1. The number of fused-ring (bicyclic) bond motifs is 1. The summed E-state index contributed by atoms with van der Waals surface area (Å²) in [7, 11) is 0. The van der Waals surface area contributed by atoms with Crippen LogP contribution < -0.4 is 22.1 Å². The fourth-order valence-electron chi connectivity index (χ4n) is 1.11. The molecule has 0 bridgehead atoms. The summed E-state index contributed by atoms with van der Waals surface area (Å²) in [6.45, 7) is 0. The van der Waals surface area contributed by atoms with E-state index in [-0.39, 0.29) is 33.3 Å². The van der Waals surface area contributed by atoms with Gasteiger partial charge in [-0.3, -0.25) is 5.73 Å². The molecule has 13 heavy (non-hydrogen) atoms. The highest BCUT2D eigenvalue weighted by Gasteiger charge is 2.21. The molecule has 0 saturated heterocycles. The third kappa shape index (κ3) is 0.662. The van der Waals surface area contributed by atoms with E-state index in [1.165, 1.54) is 0 Å². The molecule has 7 N–H and O–H groups in total. The molecule has 70 valence electrons. The summed E-state index contributed by atoms with van der Waals surface area (Å²) in [5.41, 5.74) is 16.0. The van der Waals surface area contributed by atoms with Crippen molar-refractivity contribution in [3.05, 3.63) is 5.21 Å². The van der Waals surface area contributed by atoms with Gasteiger partial charge in [0.1, 0.15) is 5.58 Å². The molecule has 0 atom stereocenters. The minimum Gasteiger partial charge on any atom is -0.435 e. The predicted octanol–water partition coefficient (Wildman–Crippen LogP) is -1.15. The fraction of sp³-hybridized carbons (Fsp3) is 0. The van der Waals surface area contributed by atoms with Gasteiger partial charge in [-0.15, -0.1) is 0 Å². The number of hydrogen-bond donors (Lipinski definition) is 4. The summed E-state index contributed by atoms with van der Waals surface area (Å²) in [5.74, 6) is -0.401. The van der Waals surface area contributed by atoms with E-state index < -0.39 is 0 Å². The Morgan fingerprint density at radius 3 is 2.54 bits per heavy atom. The summed E-state index contributed by atoms with van der Waals surface area (Å²) in [5, 5.41) is 20.1. The van der Waals surface area contributed by atoms with E-state index in [2.05, 4.69) is 4.52 Å². The molecule has 2 aromatic rings. The van der Waals surface area contributed by atoms with Crippen molar-refractivity contribution >= 4 is 28.4 Å². The zero-order valence-electron chi connectivity index (χ0n) is 6.39. The van der Waals surface area contributed by atoms with Crippen LogP contribution in [0.25, 0.3) is 11.1 Å². The van der Waals surface area contributed by atoms with Gasteiger partial charge in [-0.25, -0.2) is 0 Å². The maximum absolute atomic E-state index is 10.8. The van der Waals surface area contributed by atoms with Crippen LogP contribution >= 0.6 is 0 Å². The van der Waals surface area contributed by atoms with Gasteiger partial charge in [-0.1, -0.05) is 0 Å². The van der Waals surface area contributed by atoms with Crippen LogP contribution in [0.1, 0.15) is 0 Å². The summed E-state index contributed by atoms with van der Waals surface area (Å²) in [4.78, 5) is 0.0488. The molecule has 0 saturated carbocycles. The molecule has 0 aliphatic carbocycles. The number of rotatable bonds is 0. The molecule has 0 unspecified atom stereocenters. The maximum Gasteiger partial charge on any atom is 0.342 e. The van der Waals surface area contributed by atoms with Crippen molar-refractivity contribution in [3.63, 3.8) is 0 Å². The van der Waals surface area contributed by atoms with Crippen molar-refractivity contribution in [2.45, 2.75) is 0 Å². The van der Waals surface area contributed by atoms with Crippen molar-refractivity contribution in [2.24, 2.45) is 0 Å². The predicted molar refractivity (Wildman–Crippen MR) is 43.6 cm³/mol. The number of nitrogens with zero attached hydrogens (tertiary/aromatic N) is 2. The first kappa shape index (κ1) is 7.40. The molecule has 0 aliphatic heterocycles. The molecule has 0 aliphatic rings. The largest absolute Gasteiger partial charge is 0.435 e. The first-order valence-electron chi connectivity index (χ1n) is 3.31. The highest BCUT2D eigenvalue weighted by Crippen LogP contribution is 2.31. The third-order valence-corrected chi connectivity index (χ3v) is 1.79. The maximum atomic E-state index is 10.8. The van der Waals surface area contributed by atoms with Crippen LogP contribution in [0.4, 0.5) is 17.3 Å². The minimum absolute atomic E-state index is 0.0150. The zero-order valence-corrected chi connectivity index (χ0v) is 6.39. The number of aromatic nitrogens is 2. The van der Waals surface area contributed by atoms with E-state index in [0.29, 0.717) is 4.73 Å². The Morgan fingerprint density at radius 1 is 1.38 bits per heavy atom. The number of hydrogen-bond acceptors (Lipinski definition) is 6. The summed E-state index contributed by atoms with van der Waals surface area (Å²) < 4.78 is 5.09. The van der Waals surface area contributed by atoms with Gasteiger partial charge in [-0.2, -0.15) is 4.73 Å². The third-order valence-electron chi connectivity index (χ3n) is 1.79.